The largest absolute Gasteiger partial charge is 0.127 e. The molecule has 0 nitrogen and oxygen atoms in total. The lowest BCUT2D eigenvalue weighted by molar-refractivity contribution is 0.617. The van der Waals surface area contributed by atoms with Crippen molar-refractivity contribution in [3.05, 3.63) is 0 Å². The summed E-state index contributed by atoms with van der Waals surface area (Å²) < 4.78 is 0. The van der Waals surface area contributed by atoms with Crippen LogP contribution in [-0.4, -0.2) is 5.80 Å². The van der Waals surface area contributed by atoms with E-state index < -0.39 is 0 Å². The molecule has 0 aromatic rings. The van der Waals surface area contributed by atoms with Gasteiger partial charge in [-0.25, -0.2) is 0 Å². The molecule has 0 bridgehead atoms. The van der Waals surface area contributed by atoms with Crippen molar-refractivity contribution in [1.82, 2.24) is 0 Å². The van der Waals surface area contributed by atoms with Crippen LogP contribution in [0.5, 0.6) is 0 Å². The van der Waals surface area contributed by atoms with Gasteiger partial charge in [0.25, 0.3) is 0 Å². The Balaban J connectivity index is 2.70. The first-order chi connectivity index (χ1) is 4.91. The zero-order valence-electron chi connectivity index (χ0n) is 7.03. The van der Waals surface area contributed by atoms with Crippen molar-refractivity contribution in [3.8, 4) is 0 Å². The summed E-state index contributed by atoms with van der Waals surface area (Å²) in [6, 6.07) is 0. The highest BCUT2D eigenvalue weighted by atomic mass is 31.0. The molecule has 1 heteroatoms. The van der Waals surface area contributed by atoms with Crippen molar-refractivity contribution in [3.63, 3.8) is 0 Å². The molecule has 0 N–H and O–H groups in total. The van der Waals surface area contributed by atoms with Crippen LogP contribution >= 0.6 is 8.86 Å². The Morgan fingerprint density at radius 1 is 1.00 bits per heavy atom. The van der Waals surface area contributed by atoms with Crippen molar-refractivity contribution in [2.75, 3.05) is 0 Å². The first-order valence-corrected chi connectivity index (χ1v) is 4.98. The molecule has 0 aromatic carbocycles. The van der Waals surface area contributed by atoms with Gasteiger partial charge in [0, 0.05) is 0 Å². The Morgan fingerprint density at radius 3 is 2.20 bits per heavy atom. The van der Waals surface area contributed by atoms with Gasteiger partial charge in [0.1, 0.15) is 0 Å². The van der Waals surface area contributed by atoms with Gasteiger partial charge in [0.05, 0.1) is 0 Å². The monoisotopic (exact) mass is 158 g/mol. The topological polar surface area (TPSA) is 0 Å². The summed E-state index contributed by atoms with van der Waals surface area (Å²) in [7, 11) is 3.35. The lowest BCUT2D eigenvalue weighted by atomic mass is 10.1. The molecule has 0 aromatic heterocycles. The van der Waals surface area contributed by atoms with Crippen LogP contribution in [0.15, 0.2) is 0 Å². The highest BCUT2D eigenvalue weighted by Gasteiger charge is 1.86. The van der Waals surface area contributed by atoms with E-state index in [1.807, 2.05) is 0 Å². The minimum atomic E-state index is 1.23. The zero-order chi connectivity index (χ0) is 7.66. The maximum absolute atomic E-state index is 3.35. The van der Waals surface area contributed by atoms with Crippen LogP contribution in [0, 0.1) is 0 Å². The smallest absolute Gasteiger partial charge is 0.0310 e. The van der Waals surface area contributed by atoms with Crippen LogP contribution in [-0.2, 0) is 0 Å². The van der Waals surface area contributed by atoms with Crippen molar-refractivity contribution in [2.45, 2.75) is 51.9 Å². The van der Waals surface area contributed by atoms with Crippen LogP contribution in [0.25, 0.3) is 0 Å². The summed E-state index contributed by atoms with van der Waals surface area (Å²) in [5, 5.41) is 0. The Hall–Kier alpha value is 0.170. The molecule has 0 rings (SSSR count). The van der Waals surface area contributed by atoms with Gasteiger partial charge in [-0.1, -0.05) is 44.8 Å². The Labute approximate surface area is 67.2 Å². The van der Waals surface area contributed by atoms with Gasteiger partial charge in [0.15, 0.2) is 0 Å². The second-order valence-corrected chi connectivity index (χ2v) is 3.17. The average molecular weight is 158 g/mol. The predicted molar refractivity (Wildman–Crippen MR) is 52.4 cm³/mol. The molecule has 0 spiro atoms. The van der Waals surface area contributed by atoms with Gasteiger partial charge >= 0.3 is 0 Å². The molecular formula is C9H19P. The van der Waals surface area contributed by atoms with Gasteiger partial charge in [-0.2, -0.15) is 0 Å². The number of rotatable bonds is 7. The maximum Gasteiger partial charge on any atom is -0.0310 e. The molecule has 0 heterocycles. The third kappa shape index (κ3) is 8.17. The minimum Gasteiger partial charge on any atom is -0.127 e. The third-order valence-corrected chi connectivity index (χ3v) is 1.99. The Kier molecular flexibility index (Phi) is 9.33. The molecule has 60 valence electrons. The van der Waals surface area contributed by atoms with Crippen LogP contribution in [0.1, 0.15) is 51.9 Å². The molecule has 0 saturated carbocycles. The summed E-state index contributed by atoms with van der Waals surface area (Å²) in [4.78, 5) is 0. The van der Waals surface area contributed by atoms with Crippen LogP contribution in [0.3, 0.4) is 0 Å². The molecule has 0 amide bonds. The van der Waals surface area contributed by atoms with Gasteiger partial charge in [-0.15, -0.1) is 8.86 Å². The molecule has 0 fully saturated rings. The minimum absolute atomic E-state index is 1.23. The van der Waals surface area contributed by atoms with E-state index in [-0.39, 0.29) is 0 Å². The summed E-state index contributed by atoms with van der Waals surface area (Å²) in [5.41, 5.74) is 0. The lowest BCUT2D eigenvalue weighted by Gasteiger charge is -1.96. The zero-order valence-corrected chi connectivity index (χ0v) is 8.03. The summed E-state index contributed by atoms with van der Waals surface area (Å²) in [6.07, 6.45) is 9.60. The van der Waals surface area contributed by atoms with Gasteiger partial charge in [-0.3, -0.25) is 0 Å². The van der Waals surface area contributed by atoms with E-state index in [4.69, 9.17) is 0 Å². The van der Waals surface area contributed by atoms with E-state index in [0.29, 0.717) is 0 Å². The lowest BCUT2D eigenvalue weighted by Crippen LogP contribution is -1.78. The fourth-order valence-electron chi connectivity index (χ4n) is 1.03. The first kappa shape index (κ1) is 10.2. The van der Waals surface area contributed by atoms with Crippen LogP contribution in [0.2, 0.25) is 0 Å². The molecule has 0 aliphatic heterocycles. The Bertz CT molecular complexity index is 69.1. The number of unbranched alkanes of at least 4 members (excludes halogenated alkanes) is 6. The van der Waals surface area contributed by atoms with Crippen LogP contribution < -0.4 is 0 Å². The standard InChI is InChI=1S/C9H19P/c1-2-3-4-5-6-7-8-9-10/h9-10H,2-8H2,1H3. The van der Waals surface area contributed by atoms with E-state index in [2.05, 4.69) is 21.6 Å². The average Bonchev–Trinajstić information content (AvgIpc) is 1.97. The van der Waals surface area contributed by atoms with Gasteiger partial charge < -0.3 is 0 Å². The van der Waals surface area contributed by atoms with Gasteiger partial charge in [-0.05, 0) is 12.8 Å². The van der Waals surface area contributed by atoms with E-state index >= 15 is 0 Å². The summed E-state index contributed by atoms with van der Waals surface area (Å²) in [6.45, 7) is 2.26. The molecule has 0 aliphatic rings. The van der Waals surface area contributed by atoms with Crippen molar-refractivity contribution in [1.29, 1.82) is 0 Å². The molecule has 0 saturated heterocycles. The fourth-order valence-corrected chi connectivity index (χ4v) is 1.23. The molecule has 10 heavy (non-hydrogen) atoms. The molecule has 0 aliphatic carbocycles. The second kappa shape index (κ2) is 9.17. The maximum atomic E-state index is 3.35. The van der Waals surface area contributed by atoms with Crippen molar-refractivity contribution >= 4 is 14.7 Å². The molecule has 0 unspecified atom stereocenters. The first-order valence-electron chi connectivity index (χ1n) is 4.40. The third-order valence-electron chi connectivity index (χ3n) is 1.70. The number of hydrogen-bond donors (Lipinski definition) is 0. The molecule has 0 atom stereocenters. The predicted octanol–water partition coefficient (Wildman–Crippen LogP) is 3.68. The van der Waals surface area contributed by atoms with E-state index in [0.717, 1.165) is 0 Å². The normalized spacial score (nSPS) is 9.70. The van der Waals surface area contributed by atoms with Crippen molar-refractivity contribution in [2.24, 2.45) is 0 Å². The van der Waals surface area contributed by atoms with E-state index in [1.54, 1.807) is 0 Å². The summed E-state index contributed by atoms with van der Waals surface area (Å²) >= 11 is 0. The Morgan fingerprint density at radius 2 is 1.60 bits per heavy atom. The quantitative estimate of drug-likeness (QED) is 0.391. The van der Waals surface area contributed by atoms with Gasteiger partial charge in [0.2, 0.25) is 0 Å². The molecular weight excluding hydrogens is 139 g/mol. The summed E-state index contributed by atoms with van der Waals surface area (Å²) in [5.74, 6) is 2.07. The fraction of sp³-hybridized carbons (Fsp3) is 0.889. The SMILES string of the molecule is CCCCCCCCC=P. The van der Waals surface area contributed by atoms with Crippen LogP contribution in [0.4, 0.5) is 0 Å². The van der Waals surface area contributed by atoms with E-state index in [1.165, 1.54) is 44.9 Å². The highest BCUT2D eigenvalue weighted by Crippen LogP contribution is 2.05. The second-order valence-electron chi connectivity index (χ2n) is 2.76. The highest BCUT2D eigenvalue weighted by molar-refractivity contribution is 7.18. The molecule has 0 radical (unpaired) electrons. The number of hydrogen-bond acceptors (Lipinski definition) is 0. The van der Waals surface area contributed by atoms with E-state index in [9.17, 15) is 0 Å². The van der Waals surface area contributed by atoms with Crippen molar-refractivity contribution < 1.29 is 0 Å².